The van der Waals surface area contributed by atoms with Gasteiger partial charge in [-0.3, -0.25) is 4.79 Å². The van der Waals surface area contributed by atoms with Crippen LogP contribution in [0.5, 0.6) is 0 Å². The van der Waals surface area contributed by atoms with E-state index in [0.717, 1.165) is 19.3 Å². The lowest BCUT2D eigenvalue weighted by molar-refractivity contribution is -0.145. The van der Waals surface area contributed by atoms with Gasteiger partial charge in [0.25, 0.3) is 0 Å². The van der Waals surface area contributed by atoms with Crippen molar-refractivity contribution in [3.05, 3.63) is 12.2 Å². The molecule has 3 heteroatoms. The molecule has 0 radical (unpaired) electrons. The number of aliphatic carboxylic acids is 1. The first-order valence-corrected chi connectivity index (χ1v) is 4.71. The lowest BCUT2D eigenvalue weighted by Crippen LogP contribution is -2.25. The van der Waals surface area contributed by atoms with Crippen molar-refractivity contribution in [1.29, 1.82) is 0 Å². The van der Waals surface area contributed by atoms with Crippen LogP contribution in [0.1, 0.15) is 26.2 Å². The van der Waals surface area contributed by atoms with E-state index in [-0.39, 0.29) is 12.0 Å². The first-order chi connectivity index (χ1) is 6.25. The van der Waals surface area contributed by atoms with Crippen molar-refractivity contribution in [2.24, 2.45) is 5.92 Å². The summed E-state index contributed by atoms with van der Waals surface area (Å²) in [5.41, 5.74) is 0. The Kier molecular flexibility index (Phi) is 3.96. The molecule has 1 rings (SSSR count). The first-order valence-electron chi connectivity index (χ1n) is 4.71. The van der Waals surface area contributed by atoms with Crippen molar-refractivity contribution in [2.75, 3.05) is 6.61 Å². The maximum Gasteiger partial charge on any atom is 0.309 e. The third-order valence-electron chi connectivity index (χ3n) is 2.41. The van der Waals surface area contributed by atoms with Gasteiger partial charge in [-0.15, -0.1) is 0 Å². The molecule has 0 bridgehead atoms. The van der Waals surface area contributed by atoms with E-state index in [2.05, 4.69) is 0 Å². The third kappa shape index (κ3) is 2.84. The highest BCUT2D eigenvalue weighted by Gasteiger charge is 2.33. The topological polar surface area (TPSA) is 46.5 Å². The van der Waals surface area contributed by atoms with Gasteiger partial charge in [0.15, 0.2) is 0 Å². The summed E-state index contributed by atoms with van der Waals surface area (Å²) in [6.07, 6.45) is 6.35. The summed E-state index contributed by atoms with van der Waals surface area (Å²) in [5.74, 6) is -1.01. The molecule has 2 atom stereocenters. The Labute approximate surface area is 78.4 Å². The van der Waals surface area contributed by atoms with E-state index in [0.29, 0.717) is 6.61 Å². The Bertz CT molecular complexity index is 198. The fourth-order valence-corrected chi connectivity index (χ4v) is 1.68. The molecule has 2 unspecified atom stereocenters. The van der Waals surface area contributed by atoms with Gasteiger partial charge in [-0.1, -0.05) is 12.2 Å². The highest BCUT2D eigenvalue weighted by Crippen LogP contribution is 2.28. The number of allylic oxidation sites excluding steroid dienone is 1. The van der Waals surface area contributed by atoms with Crippen LogP contribution in [0.25, 0.3) is 0 Å². The normalized spacial score (nSPS) is 28.4. The minimum absolute atomic E-state index is 0.0753. The highest BCUT2D eigenvalue weighted by atomic mass is 16.5. The van der Waals surface area contributed by atoms with E-state index in [9.17, 15) is 4.79 Å². The van der Waals surface area contributed by atoms with Crippen LogP contribution < -0.4 is 0 Å². The van der Waals surface area contributed by atoms with Gasteiger partial charge in [-0.25, -0.2) is 0 Å². The van der Waals surface area contributed by atoms with Gasteiger partial charge < -0.3 is 9.84 Å². The monoisotopic (exact) mass is 184 g/mol. The molecule has 1 N–H and O–H groups in total. The van der Waals surface area contributed by atoms with Crippen LogP contribution in [-0.2, 0) is 9.53 Å². The van der Waals surface area contributed by atoms with Crippen LogP contribution in [0.15, 0.2) is 12.2 Å². The second-order valence-electron chi connectivity index (χ2n) is 3.32. The molecule has 1 aliphatic rings. The zero-order valence-corrected chi connectivity index (χ0v) is 7.90. The molecule has 0 heterocycles. The minimum Gasteiger partial charge on any atom is -0.481 e. The van der Waals surface area contributed by atoms with E-state index >= 15 is 0 Å². The molecule has 3 nitrogen and oxygen atoms in total. The predicted molar refractivity (Wildman–Crippen MR) is 49.5 cm³/mol. The van der Waals surface area contributed by atoms with Crippen molar-refractivity contribution in [1.82, 2.24) is 0 Å². The second-order valence-corrected chi connectivity index (χ2v) is 3.32. The molecule has 0 amide bonds. The fraction of sp³-hybridized carbons (Fsp3) is 0.700. The molecule has 13 heavy (non-hydrogen) atoms. The van der Waals surface area contributed by atoms with Crippen LogP contribution >= 0.6 is 0 Å². The molecular weight excluding hydrogens is 168 g/mol. The van der Waals surface area contributed by atoms with E-state index < -0.39 is 5.97 Å². The van der Waals surface area contributed by atoms with Crippen LogP contribution in [0, 0.1) is 5.92 Å². The number of hydrogen-bond acceptors (Lipinski definition) is 2. The molecule has 1 aliphatic carbocycles. The summed E-state index contributed by atoms with van der Waals surface area (Å²) >= 11 is 0. The quantitative estimate of drug-likeness (QED) is 0.678. The van der Waals surface area contributed by atoms with Crippen molar-refractivity contribution in [2.45, 2.75) is 32.3 Å². The zero-order chi connectivity index (χ0) is 9.68. The predicted octanol–water partition coefficient (Wildman–Crippen LogP) is 1.83. The lowest BCUT2D eigenvalue weighted by atomic mass is 10.1. The average molecular weight is 184 g/mol. The Morgan fingerprint density at radius 1 is 1.62 bits per heavy atom. The van der Waals surface area contributed by atoms with Crippen molar-refractivity contribution >= 4 is 5.97 Å². The summed E-state index contributed by atoms with van der Waals surface area (Å²) < 4.78 is 5.45. The van der Waals surface area contributed by atoms with E-state index in [1.807, 2.05) is 19.1 Å². The van der Waals surface area contributed by atoms with E-state index in [4.69, 9.17) is 9.84 Å². The Hall–Kier alpha value is -0.830. The molecule has 0 aromatic carbocycles. The maximum atomic E-state index is 10.7. The van der Waals surface area contributed by atoms with Crippen LogP contribution in [-0.4, -0.2) is 23.8 Å². The number of carboxylic acid groups (broad SMARTS) is 1. The van der Waals surface area contributed by atoms with Gasteiger partial charge in [0.05, 0.1) is 18.6 Å². The summed E-state index contributed by atoms with van der Waals surface area (Å²) in [5, 5.41) is 8.84. The van der Waals surface area contributed by atoms with Crippen LogP contribution in [0.4, 0.5) is 0 Å². The van der Waals surface area contributed by atoms with Gasteiger partial charge in [0.2, 0.25) is 0 Å². The lowest BCUT2D eigenvalue weighted by Gasteiger charge is -2.15. The Balaban J connectivity index is 2.35. The number of rotatable bonds is 4. The summed E-state index contributed by atoms with van der Waals surface area (Å²) in [6.45, 7) is 2.46. The standard InChI is InChI=1S/C10H16O3/c1-2-3-7-13-9-6-4-5-8(9)10(11)12/h2-3,8-9H,4-7H2,1H3,(H,11,12)/b3-2+. The second kappa shape index (κ2) is 5.02. The van der Waals surface area contributed by atoms with Crippen molar-refractivity contribution in [3.8, 4) is 0 Å². The largest absolute Gasteiger partial charge is 0.481 e. The third-order valence-corrected chi connectivity index (χ3v) is 2.41. The first kappa shape index (κ1) is 10.3. The molecule has 0 aliphatic heterocycles. The molecule has 1 fully saturated rings. The number of ether oxygens (including phenoxy) is 1. The van der Waals surface area contributed by atoms with Gasteiger partial charge in [0, 0.05) is 0 Å². The minimum atomic E-state index is -0.719. The number of carboxylic acids is 1. The SMILES string of the molecule is C/C=C/COC1CCCC1C(=O)O. The van der Waals surface area contributed by atoms with Gasteiger partial charge in [0.1, 0.15) is 0 Å². The summed E-state index contributed by atoms with van der Waals surface area (Å²) in [7, 11) is 0. The van der Waals surface area contributed by atoms with Crippen LogP contribution in [0.2, 0.25) is 0 Å². The highest BCUT2D eigenvalue weighted by molar-refractivity contribution is 5.71. The molecule has 1 saturated carbocycles. The number of carbonyl (C=O) groups is 1. The Morgan fingerprint density at radius 3 is 3.00 bits per heavy atom. The van der Waals surface area contributed by atoms with Gasteiger partial charge in [-0.05, 0) is 26.2 Å². The van der Waals surface area contributed by atoms with Crippen LogP contribution in [0.3, 0.4) is 0 Å². The van der Waals surface area contributed by atoms with Crippen molar-refractivity contribution < 1.29 is 14.6 Å². The van der Waals surface area contributed by atoms with Crippen molar-refractivity contribution in [3.63, 3.8) is 0 Å². The maximum absolute atomic E-state index is 10.7. The average Bonchev–Trinajstić information content (AvgIpc) is 2.53. The summed E-state index contributed by atoms with van der Waals surface area (Å²) in [6, 6.07) is 0. The summed E-state index contributed by atoms with van der Waals surface area (Å²) in [4.78, 5) is 10.7. The molecule has 0 aromatic heterocycles. The van der Waals surface area contributed by atoms with Gasteiger partial charge in [-0.2, -0.15) is 0 Å². The molecule has 74 valence electrons. The molecular formula is C10H16O3. The van der Waals surface area contributed by atoms with Gasteiger partial charge >= 0.3 is 5.97 Å². The zero-order valence-electron chi connectivity index (χ0n) is 7.90. The smallest absolute Gasteiger partial charge is 0.309 e. The molecule has 0 saturated heterocycles. The van der Waals surface area contributed by atoms with E-state index in [1.54, 1.807) is 0 Å². The van der Waals surface area contributed by atoms with E-state index in [1.165, 1.54) is 0 Å². The number of hydrogen-bond donors (Lipinski definition) is 1. The fourth-order valence-electron chi connectivity index (χ4n) is 1.68. The molecule has 0 aromatic rings. The molecule has 0 spiro atoms. The Morgan fingerprint density at radius 2 is 2.38 bits per heavy atom.